The van der Waals surface area contributed by atoms with Gasteiger partial charge in [0.2, 0.25) is 0 Å². The van der Waals surface area contributed by atoms with Crippen LogP contribution in [0.3, 0.4) is 0 Å². The molecule has 0 aliphatic rings. The van der Waals surface area contributed by atoms with E-state index in [1.54, 1.807) is 49.5 Å². The van der Waals surface area contributed by atoms with Crippen LogP contribution < -0.4 is 10.6 Å². The Morgan fingerprint density at radius 2 is 1.68 bits per heavy atom. The van der Waals surface area contributed by atoms with Gasteiger partial charge in [-0.2, -0.15) is 0 Å². The number of esters is 1. The second-order valence-corrected chi connectivity index (χ2v) is 6.12. The maximum absolute atomic E-state index is 12.4. The van der Waals surface area contributed by atoms with Gasteiger partial charge in [0.1, 0.15) is 5.69 Å². The minimum Gasteiger partial charge on any atom is -0.462 e. The van der Waals surface area contributed by atoms with Gasteiger partial charge in [-0.1, -0.05) is 18.2 Å². The molecule has 0 bridgehead atoms. The molecule has 0 spiro atoms. The van der Waals surface area contributed by atoms with E-state index in [4.69, 9.17) is 4.74 Å². The number of amides is 1. The minimum atomic E-state index is -0.347. The van der Waals surface area contributed by atoms with Gasteiger partial charge in [-0.15, -0.1) is 0 Å². The summed E-state index contributed by atoms with van der Waals surface area (Å²) in [5, 5.41) is 6.04. The number of nitrogens with one attached hydrogen (secondary N) is 2. The number of carbonyl (C=O) groups is 2. The lowest BCUT2D eigenvalue weighted by molar-refractivity contribution is 0.0526. The second-order valence-electron chi connectivity index (χ2n) is 6.12. The number of anilines is 3. The molecule has 0 atom stereocenters. The highest BCUT2D eigenvalue weighted by molar-refractivity contribution is 6.03. The fraction of sp³-hybridized carbons (Fsp3) is 0.136. The fourth-order valence-corrected chi connectivity index (χ4v) is 2.57. The second kappa shape index (κ2) is 8.81. The Kier molecular flexibility index (Phi) is 6.01. The Hall–Kier alpha value is -3.67. The Bertz CT molecular complexity index is 967. The van der Waals surface area contributed by atoms with E-state index in [2.05, 4.69) is 15.6 Å². The lowest BCUT2D eigenvalue weighted by Gasteiger charge is -2.09. The molecule has 0 saturated carbocycles. The van der Waals surface area contributed by atoms with Crippen LogP contribution in [0.25, 0.3) is 0 Å². The molecule has 2 aromatic carbocycles. The maximum Gasteiger partial charge on any atom is 0.338 e. The van der Waals surface area contributed by atoms with Crippen molar-refractivity contribution in [3.63, 3.8) is 0 Å². The van der Waals surface area contributed by atoms with Crippen molar-refractivity contribution in [3.8, 4) is 0 Å². The molecule has 6 heteroatoms. The molecule has 1 heterocycles. The van der Waals surface area contributed by atoms with Crippen LogP contribution in [0.4, 0.5) is 17.1 Å². The van der Waals surface area contributed by atoms with Crippen LogP contribution in [0.5, 0.6) is 0 Å². The fourth-order valence-electron chi connectivity index (χ4n) is 2.57. The van der Waals surface area contributed by atoms with Crippen LogP contribution in [0.2, 0.25) is 0 Å². The van der Waals surface area contributed by atoms with Gasteiger partial charge in [0, 0.05) is 11.4 Å². The molecule has 3 aromatic rings. The van der Waals surface area contributed by atoms with Gasteiger partial charge in [0.25, 0.3) is 5.91 Å². The number of nitrogens with zero attached hydrogens (tertiary/aromatic N) is 1. The molecule has 0 radical (unpaired) electrons. The van der Waals surface area contributed by atoms with Gasteiger partial charge in [0.15, 0.2) is 0 Å². The Morgan fingerprint density at radius 3 is 2.32 bits per heavy atom. The molecular weight excluding hydrogens is 354 g/mol. The highest BCUT2D eigenvalue weighted by Crippen LogP contribution is 2.18. The zero-order valence-corrected chi connectivity index (χ0v) is 15.7. The van der Waals surface area contributed by atoms with Crippen LogP contribution in [0, 0.1) is 6.92 Å². The summed E-state index contributed by atoms with van der Waals surface area (Å²) in [5.41, 5.74) is 4.10. The topological polar surface area (TPSA) is 80.3 Å². The van der Waals surface area contributed by atoms with Crippen LogP contribution >= 0.6 is 0 Å². The summed E-state index contributed by atoms with van der Waals surface area (Å²) < 4.78 is 4.96. The van der Waals surface area contributed by atoms with Gasteiger partial charge < -0.3 is 15.4 Å². The molecule has 0 aliphatic carbocycles. The number of ether oxygens (including phenoxy) is 1. The average molecular weight is 375 g/mol. The van der Waals surface area contributed by atoms with E-state index in [9.17, 15) is 9.59 Å². The van der Waals surface area contributed by atoms with E-state index >= 15 is 0 Å². The smallest absolute Gasteiger partial charge is 0.338 e. The summed E-state index contributed by atoms with van der Waals surface area (Å²) >= 11 is 0. The largest absolute Gasteiger partial charge is 0.462 e. The first-order valence-corrected chi connectivity index (χ1v) is 8.94. The summed E-state index contributed by atoms with van der Waals surface area (Å²) in [6.07, 6.45) is 1.59. The average Bonchev–Trinajstić information content (AvgIpc) is 2.71. The molecule has 6 nitrogen and oxygen atoms in total. The van der Waals surface area contributed by atoms with Crippen molar-refractivity contribution in [2.24, 2.45) is 0 Å². The zero-order valence-electron chi connectivity index (χ0n) is 15.7. The SMILES string of the molecule is CCOC(=O)c1ccc(Nc2ccc(C(=O)Nc3ccccc3C)nc2)cc1. The molecule has 0 unspecified atom stereocenters. The number of pyridine rings is 1. The van der Waals surface area contributed by atoms with Crippen LogP contribution in [-0.2, 0) is 4.74 Å². The monoisotopic (exact) mass is 375 g/mol. The third kappa shape index (κ3) is 4.73. The number of aryl methyl sites for hydroxylation is 1. The van der Waals surface area contributed by atoms with Crippen molar-refractivity contribution in [3.05, 3.63) is 83.7 Å². The van der Waals surface area contributed by atoms with E-state index in [-0.39, 0.29) is 11.9 Å². The summed E-state index contributed by atoms with van der Waals surface area (Å²) in [5.74, 6) is -0.612. The van der Waals surface area contributed by atoms with Crippen molar-refractivity contribution < 1.29 is 14.3 Å². The van der Waals surface area contributed by atoms with Crippen molar-refractivity contribution in [2.45, 2.75) is 13.8 Å². The Morgan fingerprint density at radius 1 is 0.964 bits per heavy atom. The molecule has 28 heavy (non-hydrogen) atoms. The number of carbonyl (C=O) groups excluding carboxylic acids is 2. The van der Waals surface area contributed by atoms with Crippen LogP contribution in [-0.4, -0.2) is 23.5 Å². The normalized spacial score (nSPS) is 10.2. The van der Waals surface area contributed by atoms with E-state index in [1.165, 1.54) is 0 Å². The molecule has 0 aliphatic heterocycles. The first-order chi connectivity index (χ1) is 13.6. The predicted octanol–water partition coefficient (Wildman–Crippen LogP) is 4.56. The summed E-state index contributed by atoms with van der Waals surface area (Å²) in [7, 11) is 0. The van der Waals surface area contributed by atoms with Crippen molar-refractivity contribution in [2.75, 3.05) is 17.2 Å². The van der Waals surface area contributed by atoms with Crippen molar-refractivity contribution >= 4 is 28.9 Å². The van der Waals surface area contributed by atoms with Gasteiger partial charge in [-0.05, 0) is 61.9 Å². The molecule has 142 valence electrons. The van der Waals surface area contributed by atoms with Crippen molar-refractivity contribution in [1.29, 1.82) is 0 Å². The highest BCUT2D eigenvalue weighted by Gasteiger charge is 2.09. The van der Waals surface area contributed by atoms with Gasteiger partial charge in [0.05, 0.1) is 24.1 Å². The summed E-state index contributed by atoms with van der Waals surface area (Å²) in [6.45, 7) is 4.04. The predicted molar refractivity (Wildman–Crippen MR) is 109 cm³/mol. The van der Waals surface area contributed by atoms with E-state index in [1.807, 2.05) is 31.2 Å². The number of hydrogen-bond donors (Lipinski definition) is 2. The molecule has 1 aromatic heterocycles. The lowest BCUT2D eigenvalue weighted by atomic mass is 10.2. The zero-order chi connectivity index (χ0) is 19.9. The molecule has 2 N–H and O–H groups in total. The van der Waals surface area contributed by atoms with Crippen LogP contribution in [0.1, 0.15) is 33.3 Å². The number of para-hydroxylation sites is 1. The molecule has 1 amide bonds. The third-order valence-corrected chi connectivity index (χ3v) is 4.07. The van der Waals surface area contributed by atoms with Gasteiger partial charge >= 0.3 is 5.97 Å². The maximum atomic E-state index is 12.4. The first-order valence-electron chi connectivity index (χ1n) is 8.94. The quantitative estimate of drug-likeness (QED) is 0.617. The van der Waals surface area contributed by atoms with E-state index in [0.717, 1.165) is 22.6 Å². The summed E-state index contributed by atoms with van der Waals surface area (Å²) in [4.78, 5) is 28.3. The Balaban J connectivity index is 1.63. The van der Waals surface area contributed by atoms with Gasteiger partial charge in [-0.25, -0.2) is 9.78 Å². The first kappa shape index (κ1) is 19.1. The number of benzene rings is 2. The minimum absolute atomic E-state index is 0.264. The standard InChI is InChI=1S/C22H21N3O3/c1-3-28-22(27)16-8-10-17(11-9-16)24-18-12-13-20(23-14-18)21(26)25-19-7-5-4-6-15(19)2/h4-14,24H,3H2,1-2H3,(H,25,26). The summed E-state index contributed by atoms with van der Waals surface area (Å²) in [6, 6.07) is 18.0. The van der Waals surface area contributed by atoms with Gasteiger partial charge in [-0.3, -0.25) is 4.79 Å². The molecule has 3 rings (SSSR count). The number of rotatable bonds is 6. The number of aromatic nitrogens is 1. The Labute approximate surface area is 163 Å². The molecule has 0 saturated heterocycles. The highest BCUT2D eigenvalue weighted by atomic mass is 16.5. The number of hydrogen-bond acceptors (Lipinski definition) is 5. The lowest BCUT2D eigenvalue weighted by Crippen LogP contribution is -2.14. The van der Waals surface area contributed by atoms with Crippen molar-refractivity contribution in [1.82, 2.24) is 4.98 Å². The van der Waals surface area contributed by atoms with E-state index < -0.39 is 0 Å². The molecule has 0 fully saturated rings. The van der Waals surface area contributed by atoms with E-state index in [0.29, 0.717) is 17.9 Å². The third-order valence-electron chi connectivity index (χ3n) is 4.07. The van der Waals surface area contributed by atoms with Crippen LogP contribution in [0.15, 0.2) is 66.9 Å². The molecular formula is C22H21N3O3.